The zero-order valence-corrected chi connectivity index (χ0v) is 11.8. The molecule has 0 unspecified atom stereocenters. The molecule has 5 heteroatoms. The number of benzene rings is 1. The minimum Gasteiger partial charge on any atom is -0.384 e. The Kier molecular flexibility index (Phi) is 5.13. The molecule has 1 aromatic heterocycles. The molecule has 0 spiro atoms. The number of nitrogens with one attached hydrogen (secondary N) is 1. The first-order valence-corrected chi connectivity index (χ1v) is 6.65. The van der Waals surface area contributed by atoms with E-state index in [0.29, 0.717) is 13.0 Å². The van der Waals surface area contributed by atoms with E-state index in [9.17, 15) is 4.79 Å². The molecule has 0 fully saturated rings. The van der Waals surface area contributed by atoms with Gasteiger partial charge in [-0.1, -0.05) is 11.8 Å². The highest BCUT2D eigenvalue weighted by atomic mass is 16.2. The summed E-state index contributed by atoms with van der Waals surface area (Å²) in [7, 11) is 0. The second kappa shape index (κ2) is 7.27. The monoisotopic (exact) mass is 283 g/mol. The summed E-state index contributed by atoms with van der Waals surface area (Å²) in [4.78, 5) is 15.8. The van der Waals surface area contributed by atoms with Gasteiger partial charge in [-0.25, -0.2) is 4.98 Å². The summed E-state index contributed by atoms with van der Waals surface area (Å²) < 4.78 is 1.86. The van der Waals surface area contributed by atoms with Crippen molar-refractivity contribution in [1.82, 2.24) is 9.55 Å². The van der Waals surface area contributed by atoms with Crippen LogP contribution in [0.2, 0.25) is 0 Å². The predicted molar refractivity (Wildman–Crippen MR) is 80.6 cm³/mol. The Labute approximate surface area is 123 Å². The van der Waals surface area contributed by atoms with E-state index in [-0.39, 0.29) is 12.5 Å². The summed E-state index contributed by atoms with van der Waals surface area (Å²) in [6.07, 6.45) is 5.59. The van der Waals surface area contributed by atoms with Gasteiger partial charge in [0, 0.05) is 36.6 Å². The number of aliphatic hydroxyl groups is 1. The first-order chi connectivity index (χ1) is 10.2. The van der Waals surface area contributed by atoms with Gasteiger partial charge in [-0.3, -0.25) is 4.79 Å². The van der Waals surface area contributed by atoms with Crippen molar-refractivity contribution in [2.45, 2.75) is 19.9 Å². The number of hydrogen-bond donors (Lipinski definition) is 2. The van der Waals surface area contributed by atoms with Crippen molar-refractivity contribution in [2.75, 3.05) is 11.9 Å². The Bertz CT molecular complexity index is 667. The lowest BCUT2D eigenvalue weighted by molar-refractivity contribution is -0.116. The van der Waals surface area contributed by atoms with E-state index in [4.69, 9.17) is 5.11 Å². The normalized spacial score (nSPS) is 9.81. The summed E-state index contributed by atoms with van der Waals surface area (Å²) in [6.45, 7) is 2.36. The van der Waals surface area contributed by atoms with Crippen molar-refractivity contribution in [3.05, 3.63) is 48.0 Å². The van der Waals surface area contributed by atoms with Gasteiger partial charge in [0.2, 0.25) is 5.91 Å². The number of aromatic nitrogens is 2. The minimum absolute atomic E-state index is 0.0442. The van der Waals surface area contributed by atoms with Gasteiger partial charge in [0.1, 0.15) is 6.61 Å². The van der Waals surface area contributed by atoms with E-state index in [1.165, 1.54) is 0 Å². The van der Waals surface area contributed by atoms with Gasteiger partial charge in [0.05, 0.1) is 6.33 Å². The molecule has 0 aliphatic carbocycles. The number of aliphatic hydroxyl groups excluding tert-OH is 1. The Hall–Kier alpha value is -2.58. The molecule has 1 aromatic carbocycles. The molecule has 2 N–H and O–H groups in total. The molecule has 108 valence electrons. The maximum Gasteiger partial charge on any atom is 0.226 e. The van der Waals surface area contributed by atoms with Gasteiger partial charge in [0.15, 0.2) is 0 Å². The van der Waals surface area contributed by atoms with Gasteiger partial charge >= 0.3 is 0 Å². The number of nitrogens with zero attached hydrogens (tertiary/aromatic N) is 2. The minimum atomic E-state index is -0.161. The summed E-state index contributed by atoms with van der Waals surface area (Å²) in [5.41, 5.74) is 2.56. The van der Waals surface area contributed by atoms with E-state index < -0.39 is 0 Å². The number of carbonyl (C=O) groups excluding carboxylic acids is 1. The molecule has 0 aliphatic rings. The fourth-order valence-corrected chi connectivity index (χ4v) is 1.89. The van der Waals surface area contributed by atoms with Crippen LogP contribution in [-0.2, 0) is 11.3 Å². The average molecular weight is 283 g/mol. The number of anilines is 1. The molecule has 21 heavy (non-hydrogen) atoms. The van der Waals surface area contributed by atoms with E-state index in [2.05, 4.69) is 22.1 Å². The third-order valence-corrected chi connectivity index (χ3v) is 2.97. The summed E-state index contributed by atoms with van der Waals surface area (Å²) in [6, 6.07) is 5.52. The van der Waals surface area contributed by atoms with Crippen LogP contribution in [0.1, 0.15) is 17.5 Å². The van der Waals surface area contributed by atoms with E-state index in [0.717, 1.165) is 16.8 Å². The summed E-state index contributed by atoms with van der Waals surface area (Å²) in [5, 5.41) is 11.6. The largest absolute Gasteiger partial charge is 0.384 e. The van der Waals surface area contributed by atoms with Crippen LogP contribution >= 0.6 is 0 Å². The van der Waals surface area contributed by atoms with Crippen LogP contribution in [0, 0.1) is 18.8 Å². The molecule has 0 atom stereocenters. The summed E-state index contributed by atoms with van der Waals surface area (Å²) >= 11 is 0. The fourth-order valence-electron chi connectivity index (χ4n) is 1.89. The molecule has 5 nitrogen and oxygen atoms in total. The molecule has 2 rings (SSSR count). The average Bonchev–Trinajstić information content (AvgIpc) is 2.98. The quantitative estimate of drug-likeness (QED) is 0.837. The lowest BCUT2D eigenvalue weighted by Crippen LogP contribution is -2.14. The third kappa shape index (κ3) is 4.48. The van der Waals surface area contributed by atoms with Gasteiger partial charge < -0.3 is 15.0 Å². The fraction of sp³-hybridized carbons (Fsp3) is 0.250. The summed E-state index contributed by atoms with van der Waals surface area (Å²) in [5.74, 6) is 5.43. The van der Waals surface area contributed by atoms with Gasteiger partial charge in [0.25, 0.3) is 0 Å². The molecule has 1 heterocycles. The van der Waals surface area contributed by atoms with Crippen molar-refractivity contribution < 1.29 is 9.90 Å². The third-order valence-electron chi connectivity index (χ3n) is 2.97. The molecule has 0 bridgehead atoms. The maximum atomic E-state index is 11.9. The van der Waals surface area contributed by atoms with Crippen LogP contribution in [0.4, 0.5) is 5.69 Å². The van der Waals surface area contributed by atoms with E-state index >= 15 is 0 Å². The smallest absolute Gasteiger partial charge is 0.226 e. The molecule has 0 aliphatic heterocycles. The Morgan fingerprint density at radius 2 is 2.33 bits per heavy atom. The van der Waals surface area contributed by atoms with Crippen LogP contribution in [0.15, 0.2) is 36.9 Å². The highest BCUT2D eigenvalue weighted by Gasteiger charge is 2.04. The highest BCUT2D eigenvalue weighted by molar-refractivity contribution is 5.90. The first kappa shape index (κ1) is 14.8. The zero-order chi connectivity index (χ0) is 15.1. The lowest BCUT2D eigenvalue weighted by Gasteiger charge is -2.07. The number of hydrogen-bond acceptors (Lipinski definition) is 3. The Morgan fingerprint density at radius 1 is 1.48 bits per heavy atom. The van der Waals surface area contributed by atoms with E-state index in [1.807, 2.05) is 35.9 Å². The Morgan fingerprint density at radius 3 is 3.00 bits per heavy atom. The van der Waals surface area contributed by atoms with Crippen molar-refractivity contribution in [3.8, 4) is 11.8 Å². The predicted octanol–water partition coefficient (Wildman–Crippen LogP) is 1.56. The standard InChI is InChI=1S/C16H17N3O2/c1-13-11-15(5-4-14(13)3-2-10-20)18-16(21)6-8-19-9-7-17-12-19/h4-5,7,9,11-12,20H,6,8,10H2,1H3,(H,18,21). The molecular formula is C16H17N3O2. The van der Waals surface area contributed by atoms with Crippen LogP contribution < -0.4 is 5.32 Å². The van der Waals surface area contributed by atoms with Crippen molar-refractivity contribution in [2.24, 2.45) is 0 Å². The van der Waals surface area contributed by atoms with Crippen LogP contribution in [0.5, 0.6) is 0 Å². The first-order valence-electron chi connectivity index (χ1n) is 6.65. The van der Waals surface area contributed by atoms with Crippen molar-refractivity contribution >= 4 is 11.6 Å². The number of aryl methyl sites for hydroxylation is 2. The number of amides is 1. The van der Waals surface area contributed by atoms with Crippen molar-refractivity contribution in [3.63, 3.8) is 0 Å². The molecule has 1 amide bonds. The highest BCUT2D eigenvalue weighted by Crippen LogP contribution is 2.14. The molecule has 2 aromatic rings. The molecule has 0 saturated heterocycles. The topological polar surface area (TPSA) is 67.2 Å². The van der Waals surface area contributed by atoms with Crippen molar-refractivity contribution in [1.29, 1.82) is 0 Å². The van der Waals surface area contributed by atoms with Gasteiger partial charge in [-0.2, -0.15) is 0 Å². The van der Waals surface area contributed by atoms with Crippen LogP contribution in [0.3, 0.4) is 0 Å². The Balaban J connectivity index is 1.93. The second-order valence-electron chi connectivity index (χ2n) is 4.59. The van der Waals surface area contributed by atoms with E-state index in [1.54, 1.807) is 12.5 Å². The second-order valence-corrected chi connectivity index (χ2v) is 4.59. The van der Waals surface area contributed by atoms with Crippen LogP contribution in [-0.4, -0.2) is 27.2 Å². The number of imidazole rings is 1. The van der Waals surface area contributed by atoms with Gasteiger partial charge in [-0.05, 0) is 30.7 Å². The zero-order valence-electron chi connectivity index (χ0n) is 11.8. The number of rotatable bonds is 4. The molecular weight excluding hydrogens is 266 g/mol. The molecule has 0 saturated carbocycles. The van der Waals surface area contributed by atoms with Gasteiger partial charge in [-0.15, -0.1) is 0 Å². The maximum absolute atomic E-state index is 11.9. The molecule has 0 radical (unpaired) electrons. The van der Waals surface area contributed by atoms with Crippen LogP contribution in [0.25, 0.3) is 0 Å². The number of carbonyl (C=O) groups is 1. The lowest BCUT2D eigenvalue weighted by atomic mass is 10.1. The SMILES string of the molecule is Cc1cc(NC(=O)CCn2ccnc2)ccc1C#CCO.